The fourth-order valence-corrected chi connectivity index (χ4v) is 12.6. The van der Waals surface area contributed by atoms with Gasteiger partial charge in [0.2, 0.25) is 12.8 Å². The molecule has 8 heterocycles. The molecule has 18 heteroatoms. The number of hydrogen-bond acceptors (Lipinski definition) is 16. The van der Waals surface area contributed by atoms with Crippen LogP contribution in [0.15, 0.2) is 58.0 Å². The quantitative estimate of drug-likeness (QED) is 0.153. The van der Waals surface area contributed by atoms with Gasteiger partial charge in [-0.3, -0.25) is 9.80 Å². The Morgan fingerprint density at radius 1 is 0.600 bits per heavy atom. The summed E-state index contributed by atoms with van der Waals surface area (Å²) in [4.78, 5) is 9.22. The van der Waals surface area contributed by atoms with Crippen LogP contribution in [-0.2, 0) is 9.47 Å². The van der Waals surface area contributed by atoms with Crippen molar-refractivity contribution in [2.24, 2.45) is 11.8 Å². The van der Waals surface area contributed by atoms with Gasteiger partial charge in [-0.2, -0.15) is 0 Å². The zero-order chi connectivity index (χ0) is 48.4. The minimum atomic E-state index is -0.675. The molecule has 2 spiro atoms. The number of nitrogens with zero attached hydrogens (tertiary/aromatic N) is 8. The maximum Gasteiger partial charge on any atom is 0.318 e. The average molecular weight is 973 g/mol. The van der Waals surface area contributed by atoms with E-state index >= 15 is 0 Å². The third-order valence-corrected chi connectivity index (χ3v) is 17.2. The lowest BCUT2D eigenvalue weighted by molar-refractivity contribution is -0.0677. The second-order valence-electron chi connectivity index (χ2n) is 23.0. The zero-order valence-corrected chi connectivity index (χ0v) is 41.1. The topological polar surface area (TPSA) is 168 Å². The van der Waals surface area contributed by atoms with Crippen molar-refractivity contribution in [1.29, 1.82) is 0 Å². The number of piperidine rings is 2. The minimum Gasteiger partial charge on any atom is -0.490 e. The van der Waals surface area contributed by atoms with E-state index in [2.05, 4.69) is 40.0 Å². The first-order valence-electron chi connectivity index (χ1n) is 25.7. The number of hydrogen-bond donors (Lipinski definition) is 2. The number of likely N-dealkylation sites (tertiary alicyclic amines) is 2. The largest absolute Gasteiger partial charge is 0.490 e. The monoisotopic (exact) mass is 973 g/mol. The van der Waals surface area contributed by atoms with Crippen molar-refractivity contribution in [3.05, 3.63) is 71.9 Å². The zero-order valence-electron chi connectivity index (χ0n) is 41.1. The van der Waals surface area contributed by atoms with Gasteiger partial charge in [0.1, 0.15) is 34.3 Å². The SMILES string of the molecule is CC(C)(O)C1CC(Oc2ccc(F)cc2C2CCN([C@@H]3COC4(C3)CN(c3nnco3)C4)CC2)C1.CC(C)(O)C1CC(Oc2ccc(F)cc2C2CCN([C@@H]3COC4(C3)CN(c3nnco3)C4)CC2)C1. The molecule has 0 unspecified atom stereocenters. The molecule has 2 aromatic carbocycles. The van der Waals surface area contributed by atoms with Gasteiger partial charge in [-0.15, -0.1) is 10.2 Å². The van der Waals surface area contributed by atoms with Crippen molar-refractivity contribution in [3.8, 4) is 11.5 Å². The molecule has 0 radical (unpaired) electrons. The van der Waals surface area contributed by atoms with Gasteiger partial charge in [-0.1, -0.05) is 10.2 Å². The van der Waals surface area contributed by atoms with Gasteiger partial charge in [0, 0.05) is 23.2 Å². The summed E-state index contributed by atoms with van der Waals surface area (Å²) in [6.07, 6.45) is 12.2. The molecule has 70 heavy (non-hydrogen) atoms. The number of rotatable bonds is 12. The highest BCUT2D eigenvalue weighted by Crippen LogP contribution is 2.46. The number of halogens is 2. The normalized spacial score (nSPS) is 29.3. The number of anilines is 2. The summed E-state index contributed by atoms with van der Waals surface area (Å²) in [6, 6.07) is 11.8. The first kappa shape index (κ1) is 47.8. The molecule has 380 valence electrons. The molecule has 6 saturated heterocycles. The summed E-state index contributed by atoms with van der Waals surface area (Å²) in [6.45, 7) is 16.0. The fourth-order valence-electron chi connectivity index (χ4n) is 12.6. The highest BCUT2D eigenvalue weighted by atomic mass is 19.1. The molecule has 2 aliphatic carbocycles. The molecular weight excluding hydrogens is 903 g/mol. The summed E-state index contributed by atoms with van der Waals surface area (Å²) < 4.78 is 64.1. The Bertz CT molecular complexity index is 2210. The molecule has 2 aromatic heterocycles. The van der Waals surface area contributed by atoms with Crippen LogP contribution in [0.3, 0.4) is 0 Å². The van der Waals surface area contributed by atoms with E-state index in [0.717, 1.165) is 152 Å². The standard InChI is InChI=1S/2C26H35FN4O4/c2*1-25(2,32)18-9-21(10-18)35-23-4-3-19(27)11-22(23)17-5-7-30(8-6-17)20-12-26(34-13-20)14-31(15-26)24-29-28-16-33-24/h2*3-4,11,16-18,20-21,32H,5-10,12-15H2,1-2H3/t2*18?,20-,21?/m00/s1. The van der Waals surface area contributed by atoms with Crippen LogP contribution in [0.1, 0.15) is 115 Å². The summed E-state index contributed by atoms with van der Waals surface area (Å²) in [7, 11) is 0. The molecule has 2 saturated carbocycles. The van der Waals surface area contributed by atoms with Gasteiger partial charge >= 0.3 is 12.0 Å². The third kappa shape index (κ3) is 10.0. The van der Waals surface area contributed by atoms with E-state index in [1.807, 2.05) is 27.7 Å². The van der Waals surface area contributed by atoms with E-state index in [1.54, 1.807) is 24.3 Å². The van der Waals surface area contributed by atoms with E-state index in [1.165, 1.54) is 24.9 Å². The Kier molecular flexibility index (Phi) is 12.9. The maximum atomic E-state index is 14.2. The van der Waals surface area contributed by atoms with Crippen molar-refractivity contribution in [2.45, 2.75) is 150 Å². The molecule has 12 rings (SSSR count). The van der Waals surface area contributed by atoms with E-state index in [0.29, 0.717) is 24.1 Å². The average Bonchev–Trinajstić information content (AvgIpc) is 4.13. The second-order valence-corrected chi connectivity index (χ2v) is 23.0. The molecule has 0 amide bonds. The van der Waals surface area contributed by atoms with E-state index in [9.17, 15) is 19.0 Å². The van der Waals surface area contributed by atoms with Gasteiger partial charge in [0.25, 0.3) is 0 Å². The molecular formula is C52H70F2N8O8. The molecule has 2 N–H and O–H groups in total. The van der Waals surface area contributed by atoms with Crippen molar-refractivity contribution in [2.75, 3.05) is 75.4 Å². The molecule has 8 fully saturated rings. The fraction of sp³-hybridized carbons (Fsp3) is 0.692. The predicted octanol–water partition coefficient (Wildman–Crippen LogP) is 6.73. The summed E-state index contributed by atoms with van der Waals surface area (Å²) in [5.74, 6) is 2.28. The van der Waals surface area contributed by atoms with E-state index in [4.69, 9.17) is 27.8 Å². The maximum absolute atomic E-state index is 14.2. The Morgan fingerprint density at radius 3 is 1.33 bits per heavy atom. The lowest BCUT2D eigenvalue weighted by atomic mass is 9.72. The van der Waals surface area contributed by atoms with Gasteiger partial charge in [-0.05, 0) is 178 Å². The van der Waals surface area contributed by atoms with Crippen LogP contribution in [0, 0.1) is 23.5 Å². The molecule has 2 atom stereocenters. The first-order valence-corrected chi connectivity index (χ1v) is 25.7. The molecule has 8 aliphatic rings. The summed E-state index contributed by atoms with van der Waals surface area (Å²) >= 11 is 0. The molecule has 6 aliphatic heterocycles. The highest BCUT2D eigenvalue weighted by Gasteiger charge is 2.54. The van der Waals surface area contributed by atoms with Crippen LogP contribution in [-0.4, -0.2) is 153 Å². The van der Waals surface area contributed by atoms with Crippen molar-refractivity contribution >= 4 is 12.0 Å². The Morgan fingerprint density at radius 2 is 0.986 bits per heavy atom. The van der Waals surface area contributed by atoms with Crippen molar-refractivity contribution < 1.29 is 46.8 Å². The van der Waals surface area contributed by atoms with Gasteiger partial charge in [-0.25, -0.2) is 8.78 Å². The summed E-state index contributed by atoms with van der Waals surface area (Å²) in [5, 5.41) is 35.9. The first-order chi connectivity index (χ1) is 33.6. The molecule has 16 nitrogen and oxygen atoms in total. The number of benzene rings is 2. The van der Waals surface area contributed by atoms with Crippen LogP contribution in [0.4, 0.5) is 20.8 Å². The van der Waals surface area contributed by atoms with Gasteiger partial charge in [0.15, 0.2) is 0 Å². The van der Waals surface area contributed by atoms with E-state index < -0.39 is 11.2 Å². The Balaban J connectivity index is 0.000000152. The highest BCUT2D eigenvalue weighted by molar-refractivity contribution is 5.40. The number of aromatic nitrogens is 4. The minimum absolute atomic E-state index is 0.0942. The lowest BCUT2D eigenvalue weighted by Gasteiger charge is -2.46. The Labute approximate surface area is 409 Å². The predicted molar refractivity (Wildman–Crippen MR) is 254 cm³/mol. The lowest BCUT2D eigenvalue weighted by Crippen LogP contribution is -2.62. The third-order valence-electron chi connectivity index (χ3n) is 17.2. The number of ether oxygens (including phenoxy) is 4. The van der Waals surface area contributed by atoms with Crippen molar-refractivity contribution in [1.82, 2.24) is 30.2 Å². The van der Waals surface area contributed by atoms with Gasteiger partial charge in [0.05, 0.1) is 62.8 Å². The van der Waals surface area contributed by atoms with Crippen LogP contribution >= 0.6 is 0 Å². The summed E-state index contributed by atoms with van der Waals surface area (Å²) in [5.41, 5.74) is 0.415. The van der Waals surface area contributed by atoms with E-state index in [-0.39, 0.29) is 58.7 Å². The smallest absolute Gasteiger partial charge is 0.318 e. The van der Waals surface area contributed by atoms with Crippen molar-refractivity contribution in [3.63, 3.8) is 0 Å². The van der Waals surface area contributed by atoms with Crippen LogP contribution < -0.4 is 19.3 Å². The van der Waals surface area contributed by atoms with Crippen LogP contribution in [0.25, 0.3) is 0 Å². The molecule has 4 aromatic rings. The Hall–Kier alpha value is -4.46. The van der Waals surface area contributed by atoms with Crippen LogP contribution in [0.2, 0.25) is 0 Å². The number of aliphatic hydroxyl groups is 2. The molecule has 0 bridgehead atoms. The second kappa shape index (κ2) is 18.9. The van der Waals surface area contributed by atoms with Crippen LogP contribution in [0.5, 0.6) is 11.5 Å². The van der Waals surface area contributed by atoms with Gasteiger partial charge < -0.3 is 47.8 Å².